The predicted molar refractivity (Wildman–Crippen MR) is 103 cm³/mol. The first-order valence-corrected chi connectivity index (χ1v) is 10.2. The molecule has 1 aromatic carbocycles. The number of carbonyl (C=O) groups is 1. The highest BCUT2D eigenvalue weighted by Gasteiger charge is 2.27. The minimum atomic E-state index is -0.0192. The van der Waals surface area contributed by atoms with Crippen LogP contribution in [0.15, 0.2) is 23.6 Å². The summed E-state index contributed by atoms with van der Waals surface area (Å²) >= 11 is 7.82. The van der Waals surface area contributed by atoms with Crippen LogP contribution >= 0.6 is 22.9 Å². The Balaban J connectivity index is 1.35. The first-order chi connectivity index (χ1) is 12.6. The largest absolute Gasteiger partial charge is 0.496 e. The molecule has 1 aliphatic heterocycles. The summed E-state index contributed by atoms with van der Waals surface area (Å²) in [4.78, 5) is 21.9. The number of aromatic nitrogens is 1. The Bertz CT molecular complexity index is 798. The molecule has 0 spiro atoms. The molecule has 2 aliphatic rings. The molecule has 5 nitrogen and oxygen atoms in total. The van der Waals surface area contributed by atoms with E-state index in [0.29, 0.717) is 35.3 Å². The zero-order valence-electron chi connectivity index (χ0n) is 14.8. The van der Waals surface area contributed by atoms with Gasteiger partial charge in [0, 0.05) is 42.5 Å². The molecule has 2 aromatic rings. The summed E-state index contributed by atoms with van der Waals surface area (Å²) in [6.45, 7) is 3.99. The number of benzene rings is 1. The summed E-state index contributed by atoms with van der Waals surface area (Å²) in [7, 11) is 1.57. The van der Waals surface area contributed by atoms with Crippen LogP contribution in [0, 0.1) is 0 Å². The van der Waals surface area contributed by atoms with Crippen LogP contribution in [0.4, 0.5) is 0 Å². The highest BCUT2D eigenvalue weighted by Crippen LogP contribution is 2.40. The predicted octanol–water partition coefficient (Wildman–Crippen LogP) is 3.64. The van der Waals surface area contributed by atoms with Gasteiger partial charge < -0.3 is 9.64 Å². The fourth-order valence-corrected chi connectivity index (χ4v) is 4.37. The second kappa shape index (κ2) is 7.55. The second-order valence-electron chi connectivity index (χ2n) is 6.85. The first kappa shape index (κ1) is 17.8. The molecule has 0 radical (unpaired) electrons. The number of nitrogens with zero attached hydrogens (tertiary/aromatic N) is 3. The van der Waals surface area contributed by atoms with E-state index in [9.17, 15) is 4.79 Å². The molecule has 2 heterocycles. The molecule has 1 saturated carbocycles. The molecule has 1 amide bonds. The van der Waals surface area contributed by atoms with Gasteiger partial charge >= 0.3 is 0 Å². The van der Waals surface area contributed by atoms with E-state index in [-0.39, 0.29) is 5.91 Å². The van der Waals surface area contributed by atoms with E-state index < -0.39 is 0 Å². The standard InChI is InChI=1S/C19H22ClN3O2S/c1-25-17-5-4-14(20)10-15(17)19(24)23-8-6-22(7-9-23)11-18-21-16(12-26-18)13-2-3-13/h4-5,10,12-13H,2-3,6-9,11H2,1H3. The van der Waals surface area contributed by atoms with Gasteiger partial charge in [-0.2, -0.15) is 0 Å². The summed E-state index contributed by atoms with van der Waals surface area (Å²) in [5.74, 6) is 1.26. The Labute approximate surface area is 162 Å². The van der Waals surface area contributed by atoms with Crippen molar-refractivity contribution >= 4 is 28.8 Å². The SMILES string of the molecule is COc1ccc(Cl)cc1C(=O)N1CCN(Cc2nc(C3CC3)cs2)CC1. The molecule has 0 bridgehead atoms. The zero-order valence-corrected chi connectivity index (χ0v) is 16.4. The summed E-state index contributed by atoms with van der Waals surface area (Å²) in [5, 5.41) is 3.93. The highest BCUT2D eigenvalue weighted by atomic mass is 35.5. The quantitative estimate of drug-likeness (QED) is 0.780. The minimum absolute atomic E-state index is 0.0192. The van der Waals surface area contributed by atoms with Crippen LogP contribution in [0.3, 0.4) is 0 Å². The van der Waals surface area contributed by atoms with E-state index in [1.165, 1.54) is 23.5 Å². The molecule has 1 saturated heterocycles. The van der Waals surface area contributed by atoms with Crippen molar-refractivity contribution in [1.82, 2.24) is 14.8 Å². The summed E-state index contributed by atoms with van der Waals surface area (Å²) in [6.07, 6.45) is 2.58. The summed E-state index contributed by atoms with van der Waals surface area (Å²) in [6, 6.07) is 5.16. The number of hydrogen-bond donors (Lipinski definition) is 0. The molecule has 1 aromatic heterocycles. The number of carbonyl (C=O) groups excluding carboxylic acids is 1. The van der Waals surface area contributed by atoms with Crippen LogP contribution in [0.25, 0.3) is 0 Å². The van der Waals surface area contributed by atoms with Crippen molar-refractivity contribution in [1.29, 1.82) is 0 Å². The third-order valence-corrected chi connectivity index (χ3v) is 6.06. The van der Waals surface area contributed by atoms with Crippen molar-refractivity contribution in [3.05, 3.63) is 44.9 Å². The van der Waals surface area contributed by atoms with Gasteiger partial charge in [0.25, 0.3) is 5.91 Å². The van der Waals surface area contributed by atoms with Gasteiger partial charge in [-0.05, 0) is 31.0 Å². The van der Waals surface area contributed by atoms with Crippen LogP contribution < -0.4 is 4.74 Å². The van der Waals surface area contributed by atoms with Crippen molar-refractivity contribution in [2.45, 2.75) is 25.3 Å². The molecule has 0 N–H and O–H groups in total. The van der Waals surface area contributed by atoms with E-state index >= 15 is 0 Å². The first-order valence-electron chi connectivity index (χ1n) is 8.93. The number of amides is 1. The maximum absolute atomic E-state index is 12.8. The molecule has 1 aliphatic carbocycles. The molecule has 2 fully saturated rings. The third-order valence-electron chi connectivity index (χ3n) is 4.98. The van der Waals surface area contributed by atoms with Crippen molar-refractivity contribution in [3.8, 4) is 5.75 Å². The van der Waals surface area contributed by atoms with Crippen molar-refractivity contribution < 1.29 is 9.53 Å². The van der Waals surface area contributed by atoms with Crippen LogP contribution in [-0.2, 0) is 6.54 Å². The van der Waals surface area contributed by atoms with Gasteiger partial charge in [-0.1, -0.05) is 11.6 Å². The molecule has 7 heteroatoms. The molecule has 0 atom stereocenters. The van der Waals surface area contributed by atoms with Gasteiger partial charge in [-0.25, -0.2) is 4.98 Å². The molecular formula is C19H22ClN3O2S. The maximum Gasteiger partial charge on any atom is 0.257 e. The number of methoxy groups -OCH3 is 1. The van der Waals surface area contributed by atoms with E-state index in [2.05, 4.69) is 10.3 Å². The van der Waals surface area contributed by atoms with Crippen molar-refractivity contribution in [2.75, 3.05) is 33.3 Å². The lowest BCUT2D eigenvalue weighted by atomic mass is 10.1. The van der Waals surface area contributed by atoms with Crippen LogP contribution in [0.5, 0.6) is 5.75 Å². The normalized spacial score (nSPS) is 18.2. The van der Waals surface area contributed by atoms with E-state index in [0.717, 1.165) is 19.6 Å². The molecule has 0 unspecified atom stereocenters. The average molecular weight is 392 g/mol. The maximum atomic E-state index is 12.8. The molecule has 138 valence electrons. The highest BCUT2D eigenvalue weighted by molar-refractivity contribution is 7.09. The number of thiazole rings is 1. The smallest absolute Gasteiger partial charge is 0.257 e. The third kappa shape index (κ3) is 3.87. The minimum Gasteiger partial charge on any atom is -0.496 e. The Morgan fingerprint density at radius 1 is 1.31 bits per heavy atom. The summed E-state index contributed by atoms with van der Waals surface area (Å²) < 4.78 is 5.32. The fraction of sp³-hybridized carbons (Fsp3) is 0.474. The number of hydrogen-bond acceptors (Lipinski definition) is 5. The van der Waals surface area contributed by atoms with Gasteiger partial charge in [0.1, 0.15) is 10.8 Å². The van der Waals surface area contributed by atoms with Gasteiger partial charge in [0.2, 0.25) is 0 Å². The van der Waals surface area contributed by atoms with Gasteiger partial charge in [-0.15, -0.1) is 11.3 Å². The van der Waals surface area contributed by atoms with Gasteiger partial charge in [-0.3, -0.25) is 9.69 Å². The lowest BCUT2D eigenvalue weighted by Gasteiger charge is -2.34. The lowest BCUT2D eigenvalue weighted by molar-refractivity contribution is 0.0625. The topological polar surface area (TPSA) is 45.7 Å². The van der Waals surface area contributed by atoms with Crippen molar-refractivity contribution in [3.63, 3.8) is 0 Å². The number of halogens is 1. The number of piperazine rings is 1. The molecular weight excluding hydrogens is 370 g/mol. The number of ether oxygens (including phenoxy) is 1. The van der Waals surface area contributed by atoms with Crippen LogP contribution in [0.1, 0.15) is 39.8 Å². The zero-order chi connectivity index (χ0) is 18.1. The van der Waals surface area contributed by atoms with E-state index in [1.54, 1.807) is 36.6 Å². The van der Waals surface area contributed by atoms with E-state index in [4.69, 9.17) is 21.3 Å². The Hall–Kier alpha value is -1.63. The average Bonchev–Trinajstić information content (AvgIpc) is 3.41. The molecule has 26 heavy (non-hydrogen) atoms. The number of rotatable bonds is 5. The van der Waals surface area contributed by atoms with Crippen LogP contribution in [-0.4, -0.2) is 54.0 Å². The lowest BCUT2D eigenvalue weighted by Crippen LogP contribution is -2.48. The fourth-order valence-electron chi connectivity index (χ4n) is 3.28. The Kier molecular flexibility index (Phi) is 5.16. The van der Waals surface area contributed by atoms with Crippen LogP contribution in [0.2, 0.25) is 5.02 Å². The van der Waals surface area contributed by atoms with Gasteiger partial charge in [0.05, 0.1) is 24.9 Å². The Morgan fingerprint density at radius 3 is 2.77 bits per heavy atom. The Morgan fingerprint density at radius 2 is 2.08 bits per heavy atom. The monoisotopic (exact) mass is 391 g/mol. The molecule has 4 rings (SSSR count). The van der Waals surface area contributed by atoms with Crippen molar-refractivity contribution in [2.24, 2.45) is 0 Å². The van der Waals surface area contributed by atoms with Gasteiger partial charge in [0.15, 0.2) is 0 Å². The van der Waals surface area contributed by atoms with E-state index in [1.807, 2.05) is 4.90 Å². The summed E-state index contributed by atoms with van der Waals surface area (Å²) in [5.41, 5.74) is 1.80. The second-order valence-corrected chi connectivity index (χ2v) is 8.23.